The van der Waals surface area contributed by atoms with Gasteiger partial charge in [-0.05, 0) is 25.8 Å². The average Bonchev–Trinajstić information content (AvgIpc) is 3.26. The highest BCUT2D eigenvalue weighted by atomic mass is 19.4. The minimum absolute atomic E-state index is 0.00524. The lowest BCUT2D eigenvalue weighted by Crippen LogP contribution is -2.20. The second-order valence-electron chi connectivity index (χ2n) is 7.38. The third kappa shape index (κ3) is 4.12. The number of fused-ring (bicyclic) bond motifs is 1. The van der Waals surface area contributed by atoms with E-state index in [0.29, 0.717) is 6.20 Å². The topological polar surface area (TPSA) is 67.7 Å². The maximum absolute atomic E-state index is 13.7. The Labute approximate surface area is 166 Å². The number of hydrogen-bond acceptors (Lipinski definition) is 5. The molecular formula is C18H16F6N6. The lowest BCUT2D eigenvalue weighted by atomic mass is 10.2. The second-order valence-corrected chi connectivity index (χ2v) is 7.38. The number of hydrogen-bond donors (Lipinski definition) is 2. The zero-order chi connectivity index (χ0) is 21.7. The maximum atomic E-state index is 13.7. The first-order valence-corrected chi connectivity index (χ1v) is 8.96. The SMILES string of the molecule is CC1(Nc2ncc(C(F)(F)F)c(Nc3cn(CC(F)F)c4ncc(F)cc34)n2)CC1. The summed E-state index contributed by atoms with van der Waals surface area (Å²) >= 11 is 0. The van der Waals surface area contributed by atoms with Crippen LogP contribution in [0, 0.1) is 5.82 Å². The van der Waals surface area contributed by atoms with E-state index in [1.54, 1.807) is 0 Å². The quantitative estimate of drug-likeness (QED) is 0.542. The van der Waals surface area contributed by atoms with Gasteiger partial charge in [0.05, 0.1) is 18.4 Å². The van der Waals surface area contributed by atoms with Crippen LogP contribution < -0.4 is 10.6 Å². The van der Waals surface area contributed by atoms with Crippen molar-refractivity contribution in [3.8, 4) is 0 Å². The molecule has 3 aromatic rings. The summed E-state index contributed by atoms with van der Waals surface area (Å²) in [5.74, 6) is -1.35. The third-order valence-corrected chi connectivity index (χ3v) is 4.78. The Hall–Kier alpha value is -3.05. The van der Waals surface area contributed by atoms with Gasteiger partial charge in [0, 0.05) is 23.3 Å². The summed E-state index contributed by atoms with van der Waals surface area (Å²) in [6.45, 7) is 1.13. The summed E-state index contributed by atoms with van der Waals surface area (Å²) in [7, 11) is 0. The molecule has 0 aromatic carbocycles. The maximum Gasteiger partial charge on any atom is 0.421 e. The molecule has 1 aliphatic rings. The Morgan fingerprint density at radius 2 is 1.93 bits per heavy atom. The number of rotatable bonds is 6. The van der Waals surface area contributed by atoms with Crippen LogP contribution in [0.25, 0.3) is 11.0 Å². The summed E-state index contributed by atoms with van der Waals surface area (Å²) in [6.07, 6.45) is -3.21. The van der Waals surface area contributed by atoms with Crippen LogP contribution in [0.2, 0.25) is 0 Å². The van der Waals surface area contributed by atoms with Crippen LogP contribution in [0.1, 0.15) is 25.3 Å². The van der Waals surface area contributed by atoms with Crippen LogP contribution in [0.4, 0.5) is 43.8 Å². The molecular weight excluding hydrogens is 414 g/mol. The lowest BCUT2D eigenvalue weighted by Gasteiger charge is -2.16. The van der Waals surface area contributed by atoms with Gasteiger partial charge in [-0.3, -0.25) is 0 Å². The molecule has 0 aliphatic heterocycles. The molecule has 0 radical (unpaired) electrons. The average molecular weight is 430 g/mol. The van der Waals surface area contributed by atoms with E-state index in [1.807, 2.05) is 6.92 Å². The Morgan fingerprint density at radius 3 is 2.57 bits per heavy atom. The number of pyridine rings is 1. The summed E-state index contributed by atoms with van der Waals surface area (Å²) in [5, 5.41) is 5.52. The van der Waals surface area contributed by atoms with E-state index in [4.69, 9.17) is 0 Å². The Kier molecular flexibility index (Phi) is 4.74. The highest BCUT2D eigenvalue weighted by molar-refractivity contribution is 5.92. The number of nitrogens with zero attached hydrogens (tertiary/aromatic N) is 4. The fraction of sp³-hybridized carbons (Fsp3) is 0.389. The van der Waals surface area contributed by atoms with Crippen LogP contribution in [0.5, 0.6) is 0 Å². The first-order valence-electron chi connectivity index (χ1n) is 8.96. The van der Waals surface area contributed by atoms with Gasteiger partial charge in [0.1, 0.15) is 22.8 Å². The lowest BCUT2D eigenvalue weighted by molar-refractivity contribution is -0.137. The van der Waals surface area contributed by atoms with Gasteiger partial charge >= 0.3 is 6.18 Å². The van der Waals surface area contributed by atoms with Crippen molar-refractivity contribution in [2.75, 3.05) is 10.6 Å². The zero-order valence-electron chi connectivity index (χ0n) is 15.6. The molecule has 160 valence electrons. The molecule has 6 nitrogen and oxygen atoms in total. The zero-order valence-corrected chi connectivity index (χ0v) is 15.6. The molecule has 4 rings (SSSR count). The molecule has 3 aromatic heterocycles. The summed E-state index contributed by atoms with van der Waals surface area (Å²) in [4.78, 5) is 11.5. The van der Waals surface area contributed by atoms with Crippen molar-refractivity contribution in [2.45, 2.75) is 44.5 Å². The standard InChI is InChI=1S/C18H16F6N6/c1-17(2-3-17)29-16-26-6-11(18(22,23)24)14(28-16)27-12-7-30(8-13(20)21)15-10(12)4-9(19)5-25-15/h4-7,13H,2-3,8H2,1H3,(H2,26,27,28,29). The van der Waals surface area contributed by atoms with Crippen molar-refractivity contribution >= 4 is 28.5 Å². The van der Waals surface area contributed by atoms with Crippen molar-refractivity contribution in [2.24, 2.45) is 0 Å². The van der Waals surface area contributed by atoms with Crippen molar-refractivity contribution in [1.82, 2.24) is 19.5 Å². The van der Waals surface area contributed by atoms with Gasteiger partial charge in [-0.25, -0.2) is 23.1 Å². The molecule has 12 heteroatoms. The smallest absolute Gasteiger partial charge is 0.349 e. The first-order chi connectivity index (χ1) is 14.0. The molecule has 0 amide bonds. The molecule has 2 N–H and O–H groups in total. The van der Waals surface area contributed by atoms with Crippen LogP contribution in [-0.4, -0.2) is 31.5 Å². The summed E-state index contributed by atoms with van der Waals surface area (Å²) < 4.78 is 80.9. The Balaban J connectivity index is 1.78. The molecule has 0 bridgehead atoms. The Bertz CT molecular complexity index is 1090. The van der Waals surface area contributed by atoms with Crippen molar-refractivity contribution in [3.05, 3.63) is 36.0 Å². The fourth-order valence-corrected chi connectivity index (χ4v) is 2.99. The Morgan fingerprint density at radius 1 is 1.20 bits per heavy atom. The first kappa shape index (κ1) is 20.2. The van der Waals surface area contributed by atoms with E-state index in [0.717, 1.165) is 35.9 Å². The largest absolute Gasteiger partial charge is 0.421 e. The van der Waals surface area contributed by atoms with Gasteiger partial charge in [-0.15, -0.1) is 0 Å². The molecule has 0 unspecified atom stereocenters. The van der Waals surface area contributed by atoms with Gasteiger partial charge in [-0.1, -0.05) is 0 Å². The minimum atomic E-state index is -4.77. The van der Waals surface area contributed by atoms with Crippen molar-refractivity contribution in [1.29, 1.82) is 0 Å². The van der Waals surface area contributed by atoms with E-state index in [1.165, 1.54) is 0 Å². The third-order valence-electron chi connectivity index (χ3n) is 4.78. The van der Waals surface area contributed by atoms with Crippen LogP contribution in [0.3, 0.4) is 0 Å². The highest BCUT2D eigenvalue weighted by Crippen LogP contribution is 2.40. The predicted molar refractivity (Wildman–Crippen MR) is 97.3 cm³/mol. The molecule has 1 saturated carbocycles. The molecule has 1 aliphatic carbocycles. The van der Waals surface area contributed by atoms with E-state index in [-0.39, 0.29) is 28.2 Å². The van der Waals surface area contributed by atoms with Crippen LogP contribution >= 0.6 is 0 Å². The van der Waals surface area contributed by atoms with Gasteiger partial charge in [0.15, 0.2) is 0 Å². The summed E-state index contributed by atoms with van der Waals surface area (Å²) in [5.41, 5.74) is -1.46. The monoisotopic (exact) mass is 430 g/mol. The molecule has 0 spiro atoms. The minimum Gasteiger partial charge on any atom is -0.349 e. The number of anilines is 3. The van der Waals surface area contributed by atoms with E-state index in [9.17, 15) is 26.3 Å². The van der Waals surface area contributed by atoms with Gasteiger partial charge in [0.25, 0.3) is 6.43 Å². The van der Waals surface area contributed by atoms with E-state index >= 15 is 0 Å². The number of aromatic nitrogens is 4. The fourth-order valence-electron chi connectivity index (χ4n) is 2.99. The van der Waals surface area contributed by atoms with Gasteiger partial charge in [0.2, 0.25) is 5.95 Å². The molecule has 1 fully saturated rings. The number of halogens is 6. The van der Waals surface area contributed by atoms with E-state index in [2.05, 4.69) is 25.6 Å². The number of alkyl halides is 5. The predicted octanol–water partition coefficient (Wildman–Crippen LogP) is 4.96. The van der Waals surface area contributed by atoms with Gasteiger partial charge in [-0.2, -0.15) is 18.2 Å². The van der Waals surface area contributed by atoms with Gasteiger partial charge < -0.3 is 15.2 Å². The van der Waals surface area contributed by atoms with Crippen LogP contribution in [-0.2, 0) is 12.7 Å². The second kappa shape index (κ2) is 7.03. The molecule has 0 saturated heterocycles. The van der Waals surface area contributed by atoms with Crippen molar-refractivity contribution in [3.63, 3.8) is 0 Å². The normalized spacial score (nSPS) is 15.6. The highest BCUT2D eigenvalue weighted by Gasteiger charge is 2.39. The molecule has 0 atom stereocenters. The van der Waals surface area contributed by atoms with Crippen molar-refractivity contribution < 1.29 is 26.3 Å². The number of nitrogens with one attached hydrogen (secondary N) is 2. The summed E-state index contributed by atoms with van der Waals surface area (Å²) in [6, 6.07) is 1.01. The van der Waals surface area contributed by atoms with Crippen LogP contribution in [0.15, 0.2) is 24.7 Å². The molecule has 30 heavy (non-hydrogen) atoms. The van der Waals surface area contributed by atoms with E-state index < -0.39 is 36.3 Å². The molecule has 3 heterocycles.